The maximum absolute atomic E-state index is 15.1. The Morgan fingerprint density at radius 3 is 2.85 bits per heavy atom. The Balaban J connectivity index is 2.35. The van der Waals surface area contributed by atoms with Gasteiger partial charge in [0.2, 0.25) is 0 Å². The van der Waals surface area contributed by atoms with E-state index in [1.807, 2.05) is 0 Å². The molecule has 0 radical (unpaired) electrons. The highest BCUT2D eigenvalue weighted by Gasteiger charge is 2.57. The van der Waals surface area contributed by atoms with Gasteiger partial charge in [-0.05, 0) is 5.92 Å². The highest BCUT2D eigenvalue weighted by molar-refractivity contribution is 7.71. The Morgan fingerprint density at radius 1 is 1.67 bits per heavy atom. The molecular weight excluding hydrogens is 385 g/mol. The second-order valence-electron chi connectivity index (χ2n) is 6.33. The number of ether oxygens (including phenoxy) is 2. The van der Waals surface area contributed by atoms with Crippen LogP contribution in [-0.2, 0) is 14.3 Å². The topological polar surface area (TPSA) is 157 Å². The van der Waals surface area contributed by atoms with E-state index in [9.17, 15) is 24.6 Å². The zero-order valence-electron chi connectivity index (χ0n) is 15.4. The molecule has 150 valence electrons. The number of nitrogens with zero attached hydrogens (tertiary/aromatic N) is 1. The van der Waals surface area contributed by atoms with Gasteiger partial charge in [-0.2, -0.15) is 0 Å². The van der Waals surface area contributed by atoms with Gasteiger partial charge in [0.1, 0.15) is 22.9 Å². The first-order chi connectivity index (χ1) is 12.9. The van der Waals surface area contributed by atoms with Crippen LogP contribution >= 0.6 is 12.2 Å². The Kier molecular flexibility index (Phi) is 5.81. The summed E-state index contributed by atoms with van der Waals surface area (Å²) in [7, 11) is 0. The summed E-state index contributed by atoms with van der Waals surface area (Å²) in [6.45, 7) is 2.07. The maximum atomic E-state index is 15.1. The number of rotatable bonds is 6. The molecule has 12 heteroatoms. The predicted octanol–water partition coefficient (Wildman–Crippen LogP) is -0.839. The normalized spacial score (nSPS) is 32.2. The smallest absolute Gasteiger partial charge is 0.328 e. The summed E-state index contributed by atoms with van der Waals surface area (Å²) >= 11 is 4.77. The number of carbonyl (C=O) groups excluding carboxylic acids is 2. The number of aldehydes is 1. The van der Waals surface area contributed by atoms with E-state index in [-0.39, 0.29) is 22.4 Å². The third-order valence-corrected chi connectivity index (χ3v) is 4.34. The van der Waals surface area contributed by atoms with E-state index < -0.39 is 48.6 Å². The summed E-state index contributed by atoms with van der Waals surface area (Å²) in [5.41, 5.74) is 4.24. The number of esters is 1. The van der Waals surface area contributed by atoms with Crippen LogP contribution in [0.3, 0.4) is 0 Å². The summed E-state index contributed by atoms with van der Waals surface area (Å²) in [6, 6.07) is -1.07. The van der Waals surface area contributed by atoms with Crippen molar-refractivity contribution < 1.29 is 35.0 Å². The largest absolute Gasteiger partial charge is 0.458 e. The van der Waals surface area contributed by atoms with Gasteiger partial charge in [0.25, 0.3) is 5.85 Å². The van der Waals surface area contributed by atoms with Crippen molar-refractivity contribution in [3.05, 3.63) is 26.9 Å². The van der Waals surface area contributed by atoms with E-state index in [4.69, 9.17) is 28.8 Å². The molecule has 1 fully saturated rings. The van der Waals surface area contributed by atoms with Crippen molar-refractivity contribution in [3.8, 4) is 0 Å². The minimum absolute atomic E-state index is 0.239. The molecule has 0 bridgehead atoms. The molecule has 5 atom stereocenters. The Hall–Kier alpha value is -1.99. The Bertz CT molecular complexity index is 893. The highest BCUT2D eigenvalue weighted by Crippen LogP contribution is 2.38. The van der Waals surface area contributed by atoms with Gasteiger partial charge in [0.05, 0.1) is 6.93 Å². The third kappa shape index (κ3) is 4.14. The minimum atomic E-state index is -3.22. The molecule has 27 heavy (non-hydrogen) atoms. The minimum Gasteiger partial charge on any atom is -0.458 e. The van der Waals surface area contributed by atoms with Crippen LogP contribution in [0.4, 0.5) is 4.39 Å². The number of H-pyrrole nitrogens is 1. The lowest BCUT2D eigenvalue weighted by Gasteiger charge is -2.24. The number of hydrogen-bond acceptors (Lipinski definition) is 9. The molecule has 0 amide bonds. The van der Waals surface area contributed by atoms with Crippen LogP contribution in [0.15, 0.2) is 11.0 Å². The summed E-state index contributed by atoms with van der Waals surface area (Å²) in [5.74, 6) is -4.52. The van der Waals surface area contributed by atoms with Gasteiger partial charge in [-0.15, -0.1) is 0 Å². The molecule has 2 rings (SSSR count). The number of nitrogens with one attached hydrogen (secondary N) is 1. The number of nitrogens with two attached hydrogens (primary N) is 1. The molecule has 0 aromatic carbocycles. The fourth-order valence-electron chi connectivity index (χ4n) is 2.24. The molecule has 0 aliphatic carbocycles. The lowest BCUT2D eigenvalue weighted by atomic mass is 10.1. The number of aliphatic hydroxyl groups is 2. The van der Waals surface area contributed by atoms with Crippen molar-refractivity contribution in [2.75, 3.05) is 6.61 Å². The average molecular weight is 406 g/mol. The van der Waals surface area contributed by atoms with Crippen LogP contribution in [0.1, 0.15) is 31.8 Å². The number of alkyl halides is 1. The van der Waals surface area contributed by atoms with Gasteiger partial charge in [-0.1, -0.05) is 26.1 Å². The molecule has 0 unspecified atom stereocenters. The molecule has 1 saturated heterocycles. The molecule has 5 N–H and O–H groups in total. The van der Waals surface area contributed by atoms with Gasteiger partial charge in [-0.25, -0.2) is 9.18 Å². The van der Waals surface area contributed by atoms with Crippen molar-refractivity contribution in [1.82, 2.24) is 9.55 Å². The molecule has 1 aliphatic rings. The van der Waals surface area contributed by atoms with Crippen LogP contribution < -0.4 is 11.4 Å². The zero-order chi connectivity index (χ0) is 21.4. The first-order valence-electron chi connectivity index (χ1n) is 8.36. The summed E-state index contributed by atoms with van der Waals surface area (Å²) in [5, 5.41) is 20.2. The molecule has 0 spiro atoms. The van der Waals surface area contributed by atoms with Crippen LogP contribution in [0.5, 0.6) is 0 Å². The number of carbonyl (C=O) groups is 2. The summed E-state index contributed by atoms with van der Waals surface area (Å²) in [4.78, 5) is 37.0. The molecule has 0 saturated carbocycles. The number of halogens is 1. The molecule has 2 heterocycles. The van der Waals surface area contributed by atoms with Gasteiger partial charge in [0, 0.05) is 6.20 Å². The first-order valence-corrected chi connectivity index (χ1v) is 8.27. The number of aromatic nitrogens is 2. The maximum Gasteiger partial charge on any atom is 0.328 e. The molecule has 1 aromatic heterocycles. The average Bonchev–Trinajstić information content (AvgIpc) is 2.80. The van der Waals surface area contributed by atoms with E-state index in [1.54, 1.807) is 13.8 Å². The number of hydrogen-bond donors (Lipinski definition) is 4. The summed E-state index contributed by atoms with van der Waals surface area (Å²) in [6.07, 6.45) is -6.47. The van der Waals surface area contributed by atoms with Crippen LogP contribution in [0, 0.1) is 10.6 Å². The van der Waals surface area contributed by atoms with Crippen molar-refractivity contribution in [1.29, 1.82) is 0 Å². The second kappa shape index (κ2) is 7.94. The van der Waals surface area contributed by atoms with E-state index in [2.05, 4.69) is 4.98 Å². The van der Waals surface area contributed by atoms with Gasteiger partial charge < -0.3 is 25.4 Å². The lowest BCUT2D eigenvalue weighted by molar-refractivity contribution is -0.217. The molecule has 1 aliphatic heterocycles. The monoisotopic (exact) mass is 406 g/mol. The van der Waals surface area contributed by atoms with Crippen LogP contribution in [0.25, 0.3) is 0 Å². The van der Waals surface area contributed by atoms with Gasteiger partial charge in [0.15, 0.2) is 19.1 Å². The fourth-order valence-corrected chi connectivity index (χ4v) is 2.43. The van der Waals surface area contributed by atoms with Gasteiger partial charge in [-0.3, -0.25) is 19.1 Å². The van der Waals surface area contributed by atoms with Gasteiger partial charge >= 0.3 is 11.7 Å². The molecule has 10 nitrogen and oxygen atoms in total. The van der Waals surface area contributed by atoms with Crippen molar-refractivity contribution in [2.24, 2.45) is 11.7 Å². The number of aromatic amines is 1. The quantitative estimate of drug-likeness (QED) is 0.269. The van der Waals surface area contributed by atoms with E-state index in [0.717, 1.165) is 6.20 Å². The highest BCUT2D eigenvalue weighted by atomic mass is 32.1. The predicted molar refractivity (Wildman–Crippen MR) is 91.0 cm³/mol. The summed E-state index contributed by atoms with van der Waals surface area (Å²) < 4.78 is 32.9. The standard InChI is InChI=1S/C15H20FN3O7S/c1-6(2)8(17)13(23)25-5-15(16)10(22)9(21)12(26-15)19-3-7(4-20)11(27)18-14(19)24/h3-4,6,8-10,12,21-22H,5,17H2,1-2H3,(H,18,24,27)/t8-,9+,10-,12+,15+/m0/s1/i12D. The first kappa shape index (κ1) is 19.8. The van der Waals surface area contributed by atoms with Crippen molar-refractivity contribution in [3.63, 3.8) is 0 Å². The molecule has 1 aromatic rings. The Labute approximate surface area is 159 Å². The SMILES string of the molecule is [2H][C@@]1(n2cc(C=O)c(=S)[nH]c2=O)O[C@](F)(COC(=O)[C@@H](N)C(C)C)[C@@H](O)[C@H]1O. The second-order valence-corrected chi connectivity index (χ2v) is 6.73. The molecular formula is C15H20FN3O7S. The zero-order valence-corrected chi connectivity index (χ0v) is 15.2. The third-order valence-electron chi connectivity index (χ3n) is 4.00. The lowest BCUT2D eigenvalue weighted by Crippen LogP contribution is -2.46. The fraction of sp³-hybridized carbons (Fsp3) is 0.600. The van der Waals surface area contributed by atoms with E-state index >= 15 is 4.39 Å². The Morgan fingerprint density at radius 2 is 2.30 bits per heavy atom. The van der Waals surface area contributed by atoms with Crippen molar-refractivity contribution >= 4 is 24.5 Å². The van der Waals surface area contributed by atoms with E-state index in [1.165, 1.54) is 0 Å². The van der Waals surface area contributed by atoms with Crippen molar-refractivity contribution in [2.45, 2.75) is 44.2 Å². The van der Waals surface area contributed by atoms with Crippen LogP contribution in [-0.4, -0.2) is 62.7 Å². The van der Waals surface area contributed by atoms with Crippen LogP contribution in [0.2, 0.25) is 0 Å². The van der Waals surface area contributed by atoms with E-state index in [0.29, 0.717) is 4.57 Å². The number of aliphatic hydroxyl groups excluding tert-OH is 2.